The summed E-state index contributed by atoms with van der Waals surface area (Å²) in [5.74, 6) is 0. The SMILES string of the molecule is CC(C)(C)OC(=O)NCc1cccc(CN)n1. The Bertz CT molecular complexity index is 386. The smallest absolute Gasteiger partial charge is 0.407 e. The zero-order valence-corrected chi connectivity index (χ0v) is 10.5. The molecule has 1 amide bonds. The molecule has 0 atom stereocenters. The molecule has 0 bridgehead atoms. The van der Waals surface area contributed by atoms with Crippen LogP contribution in [0, 0.1) is 0 Å². The first-order chi connectivity index (χ1) is 7.90. The van der Waals surface area contributed by atoms with Gasteiger partial charge in [0.1, 0.15) is 5.60 Å². The number of alkyl carbamates (subject to hydrolysis) is 1. The summed E-state index contributed by atoms with van der Waals surface area (Å²) < 4.78 is 5.11. The van der Waals surface area contributed by atoms with Gasteiger partial charge in [-0.05, 0) is 32.9 Å². The zero-order valence-electron chi connectivity index (χ0n) is 10.5. The van der Waals surface area contributed by atoms with Gasteiger partial charge in [0.2, 0.25) is 0 Å². The molecular formula is C12H19N3O2. The maximum absolute atomic E-state index is 11.4. The predicted molar refractivity (Wildman–Crippen MR) is 65.2 cm³/mol. The second kappa shape index (κ2) is 5.63. The lowest BCUT2D eigenvalue weighted by molar-refractivity contribution is 0.0523. The molecular weight excluding hydrogens is 218 g/mol. The zero-order chi connectivity index (χ0) is 12.9. The quantitative estimate of drug-likeness (QED) is 0.836. The topological polar surface area (TPSA) is 77.2 Å². The maximum atomic E-state index is 11.4. The second-order valence-electron chi connectivity index (χ2n) is 4.68. The van der Waals surface area contributed by atoms with E-state index < -0.39 is 11.7 Å². The Kier molecular flexibility index (Phi) is 4.45. The molecule has 5 heteroatoms. The Morgan fingerprint density at radius 1 is 1.41 bits per heavy atom. The molecule has 1 heterocycles. The van der Waals surface area contributed by atoms with E-state index in [1.165, 1.54) is 0 Å². The molecule has 0 fully saturated rings. The molecule has 0 aromatic carbocycles. The van der Waals surface area contributed by atoms with Crippen molar-refractivity contribution in [3.8, 4) is 0 Å². The van der Waals surface area contributed by atoms with Crippen LogP contribution in [0.15, 0.2) is 18.2 Å². The van der Waals surface area contributed by atoms with Crippen LogP contribution in [0.4, 0.5) is 4.79 Å². The van der Waals surface area contributed by atoms with Crippen LogP contribution in [0.5, 0.6) is 0 Å². The fourth-order valence-corrected chi connectivity index (χ4v) is 1.22. The third kappa shape index (κ3) is 5.31. The van der Waals surface area contributed by atoms with E-state index in [-0.39, 0.29) is 0 Å². The first-order valence-electron chi connectivity index (χ1n) is 5.52. The van der Waals surface area contributed by atoms with E-state index >= 15 is 0 Å². The largest absolute Gasteiger partial charge is 0.444 e. The van der Waals surface area contributed by atoms with Crippen LogP contribution in [-0.2, 0) is 17.8 Å². The van der Waals surface area contributed by atoms with Gasteiger partial charge in [0.25, 0.3) is 0 Å². The van der Waals surface area contributed by atoms with Crippen LogP contribution in [0.3, 0.4) is 0 Å². The number of carbonyl (C=O) groups is 1. The number of nitrogens with zero attached hydrogens (tertiary/aromatic N) is 1. The number of ether oxygens (including phenoxy) is 1. The third-order valence-electron chi connectivity index (χ3n) is 1.89. The number of aromatic nitrogens is 1. The normalized spacial score (nSPS) is 11.1. The van der Waals surface area contributed by atoms with E-state index in [0.717, 1.165) is 11.4 Å². The van der Waals surface area contributed by atoms with Crippen molar-refractivity contribution in [2.75, 3.05) is 0 Å². The molecule has 0 aliphatic rings. The number of nitrogens with two attached hydrogens (primary N) is 1. The van der Waals surface area contributed by atoms with Crippen LogP contribution in [0.1, 0.15) is 32.2 Å². The molecule has 1 rings (SSSR count). The summed E-state index contributed by atoms with van der Waals surface area (Å²) in [6, 6.07) is 5.54. The summed E-state index contributed by atoms with van der Waals surface area (Å²) in [6.07, 6.45) is -0.447. The minimum absolute atomic E-state index is 0.336. The van der Waals surface area contributed by atoms with E-state index in [9.17, 15) is 4.79 Å². The molecule has 0 unspecified atom stereocenters. The average Bonchev–Trinajstić information content (AvgIpc) is 2.24. The maximum Gasteiger partial charge on any atom is 0.407 e. The number of carbonyl (C=O) groups excluding carboxylic acids is 1. The second-order valence-corrected chi connectivity index (χ2v) is 4.68. The lowest BCUT2D eigenvalue weighted by Crippen LogP contribution is -2.32. The summed E-state index contributed by atoms with van der Waals surface area (Å²) >= 11 is 0. The molecule has 0 saturated heterocycles. The molecule has 0 aliphatic carbocycles. The molecule has 0 spiro atoms. The number of nitrogens with one attached hydrogen (secondary N) is 1. The highest BCUT2D eigenvalue weighted by atomic mass is 16.6. The van der Waals surface area contributed by atoms with Gasteiger partial charge in [-0.25, -0.2) is 4.79 Å². The summed E-state index contributed by atoms with van der Waals surface area (Å²) in [5, 5.41) is 2.64. The Morgan fingerprint density at radius 2 is 2.06 bits per heavy atom. The third-order valence-corrected chi connectivity index (χ3v) is 1.89. The molecule has 0 aliphatic heterocycles. The molecule has 17 heavy (non-hydrogen) atoms. The fourth-order valence-electron chi connectivity index (χ4n) is 1.22. The predicted octanol–water partition coefficient (Wildman–Crippen LogP) is 1.56. The van der Waals surface area contributed by atoms with Gasteiger partial charge >= 0.3 is 6.09 Å². The lowest BCUT2D eigenvalue weighted by atomic mass is 10.2. The number of hydrogen-bond acceptors (Lipinski definition) is 4. The monoisotopic (exact) mass is 237 g/mol. The van der Waals surface area contributed by atoms with E-state index in [1.54, 1.807) is 0 Å². The number of rotatable bonds is 3. The number of pyridine rings is 1. The Balaban J connectivity index is 2.47. The molecule has 1 aromatic rings. The van der Waals surface area contributed by atoms with Crippen molar-refractivity contribution < 1.29 is 9.53 Å². The van der Waals surface area contributed by atoms with Gasteiger partial charge in [-0.2, -0.15) is 0 Å². The van der Waals surface area contributed by atoms with E-state index in [1.807, 2.05) is 39.0 Å². The Hall–Kier alpha value is -1.62. The van der Waals surface area contributed by atoms with Crippen LogP contribution in [0.25, 0.3) is 0 Å². The van der Waals surface area contributed by atoms with Crippen molar-refractivity contribution in [2.24, 2.45) is 5.73 Å². The molecule has 94 valence electrons. The van der Waals surface area contributed by atoms with Crippen molar-refractivity contribution in [1.82, 2.24) is 10.3 Å². The van der Waals surface area contributed by atoms with Gasteiger partial charge in [-0.15, -0.1) is 0 Å². The Labute approximate surface area is 101 Å². The minimum atomic E-state index is -0.489. The molecule has 1 aromatic heterocycles. The van der Waals surface area contributed by atoms with Gasteiger partial charge < -0.3 is 15.8 Å². The number of amides is 1. The highest BCUT2D eigenvalue weighted by molar-refractivity contribution is 5.67. The van der Waals surface area contributed by atoms with Crippen LogP contribution < -0.4 is 11.1 Å². The van der Waals surface area contributed by atoms with Gasteiger partial charge in [-0.1, -0.05) is 6.07 Å². The van der Waals surface area contributed by atoms with Crippen molar-refractivity contribution in [2.45, 2.75) is 39.5 Å². The highest BCUT2D eigenvalue weighted by Crippen LogP contribution is 2.06. The van der Waals surface area contributed by atoms with Gasteiger partial charge in [0.05, 0.1) is 17.9 Å². The van der Waals surface area contributed by atoms with Crippen LogP contribution >= 0.6 is 0 Å². The van der Waals surface area contributed by atoms with Crippen LogP contribution in [0.2, 0.25) is 0 Å². The van der Waals surface area contributed by atoms with Crippen LogP contribution in [-0.4, -0.2) is 16.7 Å². The minimum Gasteiger partial charge on any atom is -0.444 e. The summed E-state index contributed by atoms with van der Waals surface area (Å²) in [5.41, 5.74) is 6.56. The van der Waals surface area contributed by atoms with E-state index in [4.69, 9.17) is 10.5 Å². The van der Waals surface area contributed by atoms with Crippen molar-refractivity contribution in [1.29, 1.82) is 0 Å². The van der Waals surface area contributed by atoms with Gasteiger partial charge in [0.15, 0.2) is 0 Å². The van der Waals surface area contributed by atoms with Crippen molar-refractivity contribution in [3.63, 3.8) is 0 Å². The Morgan fingerprint density at radius 3 is 2.65 bits per heavy atom. The molecule has 0 radical (unpaired) electrons. The first kappa shape index (κ1) is 13.4. The van der Waals surface area contributed by atoms with E-state index in [0.29, 0.717) is 13.1 Å². The highest BCUT2D eigenvalue weighted by Gasteiger charge is 2.15. The molecule has 5 nitrogen and oxygen atoms in total. The number of hydrogen-bond donors (Lipinski definition) is 2. The first-order valence-corrected chi connectivity index (χ1v) is 5.52. The van der Waals surface area contributed by atoms with Gasteiger partial charge in [-0.3, -0.25) is 4.98 Å². The van der Waals surface area contributed by atoms with Crippen molar-refractivity contribution in [3.05, 3.63) is 29.6 Å². The fraction of sp³-hybridized carbons (Fsp3) is 0.500. The summed E-state index contributed by atoms with van der Waals surface area (Å²) in [4.78, 5) is 15.7. The molecule has 3 N–H and O–H groups in total. The summed E-state index contributed by atoms with van der Waals surface area (Å²) in [6.45, 7) is 6.18. The summed E-state index contributed by atoms with van der Waals surface area (Å²) in [7, 11) is 0. The van der Waals surface area contributed by atoms with Gasteiger partial charge in [0, 0.05) is 6.54 Å². The standard InChI is InChI=1S/C12H19N3O2/c1-12(2,3)17-11(16)14-8-10-6-4-5-9(7-13)15-10/h4-6H,7-8,13H2,1-3H3,(H,14,16). The van der Waals surface area contributed by atoms with E-state index in [2.05, 4.69) is 10.3 Å². The van der Waals surface area contributed by atoms with Crippen molar-refractivity contribution >= 4 is 6.09 Å². The molecule has 0 saturated carbocycles. The lowest BCUT2D eigenvalue weighted by Gasteiger charge is -2.19. The average molecular weight is 237 g/mol.